The fraction of sp³-hybridized carbons (Fsp3) is 0.353. The summed E-state index contributed by atoms with van der Waals surface area (Å²) in [5, 5.41) is 14.9. The largest absolute Gasteiger partial charge is 0.416 e. The molecule has 0 spiro atoms. The van der Waals surface area contributed by atoms with E-state index >= 15 is 0 Å². The van der Waals surface area contributed by atoms with Gasteiger partial charge < -0.3 is 10.0 Å². The number of rotatable bonds is 3. The first-order chi connectivity index (χ1) is 12.7. The number of aromatic nitrogens is 4. The second-order valence-electron chi connectivity index (χ2n) is 6.59. The Balaban J connectivity index is 1.79. The van der Waals surface area contributed by atoms with Gasteiger partial charge in [0.1, 0.15) is 5.82 Å². The van der Waals surface area contributed by atoms with Crippen molar-refractivity contribution in [1.82, 2.24) is 19.7 Å². The van der Waals surface area contributed by atoms with Gasteiger partial charge in [0, 0.05) is 13.1 Å². The SMILES string of the molecule is CCC1(O)CN(c2nc(Cl)nc3c2cnn3-c2cccc(C(F)(F)F)c2)C1. The third-order valence-electron chi connectivity index (χ3n) is 4.73. The average Bonchev–Trinajstić information content (AvgIpc) is 3.01. The highest BCUT2D eigenvalue weighted by molar-refractivity contribution is 6.28. The molecule has 4 rings (SSSR count). The van der Waals surface area contributed by atoms with Gasteiger partial charge in [-0.15, -0.1) is 0 Å². The van der Waals surface area contributed by atoms with Crippen molar-refractivity contribution in [2.45, 2.75) is 25.1 Å². The smallest absolute Gasteiger partial charge is 0.386 e. The Hall–Kier alpha value is -2.39. The van der Waals surface area contributed by atoms with E-state index in [4.69, 9.17) is 11.6 Å². The number of alkyl halides is 3. The molecule has 142 valence electrons. The number of β-amino-alcohol motifs (C(OH)–C–C–N with tert-alkyl or cyclic N) is 1. The second kappa shape index (κ2) is 6.07. The molecule has 0 aliphatic carbocycles. The van der Waals surface area contributed by atoms with Gasteiger partial charge in [0.25, 0.3) is 0 Å². The molecule has 0 radical (unpaired) electrons. The molecular weight excluding hydrogens is 383 g/mol. The van der Waals surface area contributed by atoms with E-state index < -0.39 is 17.3 Å². The zero-order chi connectivity index (χ0) is 19.4. The van der Waals surface area contributed by atoms with Gasteiger partial charge in [0.15, 0.2) is 5.65 Å². The minimum Gasteiger partial charge on any atom is -0.386 e. The molecule has 10 heteroatoms. The van der Waals surface area contributed by atoms with Crippen molar-refractivity contribution in [2.24, 2.45) is 0 Å². The van der Waals surface area contributed by atoms with Crippen LogP contribution in [0.1, 0.15) is 18.9 Å². The number of halogens is 4. The second-order valence-corrected chi connectivity index (χ2v) is 6.93. The molecule has 1 aliphatic heterocycles. The van der Waals surface area contributed by atoms with Gasteiger partial charge in [-0.1, -0.05) is 13.0 Å². The standard InChI is InChI=1S/C17H15ClF3N5O/c1-2-16(27)8-25(9-16)13-12-7-22-26(14(12)24-15(18)23-13)11-5-3-4-10(6-11)17(19,20)21/h3-7,27H,2,8-9H2,1H3. The Morgan fingerprint density at radius 3 is 2.67 bits per heavy atom. The molecule has 0 atom stereocenters. The number of hydrogen-bond donors (Lipinski definition) is 1. The van der Waals surface area contributed by atoms with E-state index in [0.717, 1.165) is 12.1 Å². The van der Waals surface area contributed by atoms with E-state index in [-0.39, 0.29) is 11.0 Å². The van der Waals surface area contributed by atoms with E-state index in [2.05, 4.69) is 15.1 Å². The maximum Gasteiger partial charge on any atom is 0.416 e. The van der Waals surface area contributed by atoms with Crippen molar-refractivity contribution in [2.75, 3.05) is 18.0 Å². The summed E-state index contributed by atoms with van der Waals surface area (Å²) < 4.78 is 40.3. The van der Waals surface area contributed by atoms with Crippen LogP contribution in [0.25, 0.3) is 16.7 Å². The molecule has 0 bridgehead atoms. The summed E-state index contributed by atoms with van der Waals surface area (Å²) in [6, 6.07) is 4.82. The monoisotopic (exact) mass is 397 g/mol. The highest BCUT2D eigenvalue weighted by Crippen LogP contribution is 2.35. The predicted octanol–water partition coefficient (Wildman–Crippen LogP) is 3.45. The summed E-state index contributed by atoms with van der Waals surface area (Å²) in [6.45, 7) is 2.67. The fourth-order valence-corrected chi connectivity index (χ4v) is 3.31. The Kier molecular flexibility index (Phi) is 4.04. The number of fused-ring (bicyclic) bond motifs is 1. The molecule has 27 heavy (non-hydrogen) atoms. The normalized spacial score (nSPS) is 16.6. The molecule has 2 aromatic heterocycles. The summed E-state index contributed by atoms with van der Waals surface area (Å²) in [5.74, 6) is 0.501. The first-order valence-electron chi connectivity index (χ1n) is 8.26. The maximum absolute atomic E-state index is 13.0. The molecule has 1 saturated heterocycles. The summed E-state index contributed by atoms with van der Waals surface area (Å²) in [5.41, 5.74) is -1.04. The van der Waals surface area contributed by atoms with E-state index in [1.54, 1.807) is 0 Å². The zero-order valence-electron chi connectivity index (χ0n) is 14.2. The maximum atomic E-state index is 13.0. The summed E-state index contributed by atoms with van der Waals surface area (Å²) in [6.07, 6.45) is -2.36. The molecule has 1 N–H and O–H groups in total. The van der Waals surface area contributed by atoms with E-state index in [0.29, 0.717) is 36.4 Å². The van der Waals surface area contributed by atoms with Gasteiger partial charge in [-0.3, -0.25) is 0 Å². The Bertz CT molecular complexity index is 1010. The van der Waals surface area contributed by atoms with Crippen LogP contribution in [0.5, 0.6) is 0 Å². The molecule has 3 aromatic rings. The molecule has 1 aliphatic rings. The Morgan fingerprint density at radius 1 is 1.26 bits per heavy atom. The van der Waals surface area contributed by atoms with Gasteiger partial charge in [-0.2, -0.15) is 28.2 Å². The lowest BCUT2D eigenvalue weighted by atomic mass is 9.91. The van der Waals surface area contributed by atoms with Crippen LogP contribution in [0.15, 0.2) is 30.5 Å². The van der Waals surface area contributed by atoms with Crippen molar-refractivity contribution in [3.05, 3.63) is 41.3 Å². The Labute approximate surface area is 157 Å². The van der Waals surface area contributed by atoms with Crippen LogP contribution < -0.4 is 4.90 Å². The molecule has 1 aromatic carbocycles. The first-order valence-corrected chi connectivity index (χ1v) is 8.64. The number of benzene rings is 1. The van der Waals surface area contributed by atoms with Gasteiger partial charge in [0.05, 0.1) is 28.4 Å². The van der Waals surface area contributed by atoms with Crippen LogP contribution in [0.4, 0.5) is 19.0 Å². The Morgan fingerprint density at radius 2 is 2.00 bits per heavy atom. The molecular formula is C17H15ClF3N5O. The third-order valence-corrected chi connectivity index (χ3v) is 4.90. The molecule has 0 saturated carbocycles. The first kappa shape index (κ1) is 18.0. The van der Waals surface area contributed by atoms with Crippen molar-refractivity contribution >= 4 is 28.5 Å². The van der Waals surface area contributed by atoms with Crippen LogP contribution >= 0.6 is 11.6 Å². The van der Waals surface area contributed by atoms with Gasteiger partial charge in [0.2, 0.25) is 5.28 Å². The zero-order valence-corrected chi connectivity index (χ0v) is 15.0. The predicted molar refractivity (Wildman–Crippen MR) is 94.1 cm³/mol. The highest BCUT2D eigenvalue weighted by atomic mass is 35.5. The van der Waals surface area contributed by atoms with Gasteiger partial charge in [-0.05, 0) is 36.2 Å². The van der Waals surface area contributed by atoms with Crippen molar-refractivity contribution in [3.63, 3.8) is 0 Å². The number of nitrogens with zero attached hydrogens (tertiary/aromatic N) is 5. The molecule has 0 unspecified atom stereocenters. The van der Waals surface area contributed by atoms with E-state index in [1.807, 2.05) is 11.8 Å². The van der Waals surface area contributed by atoms with Crippen LogP contribution in [-0.2, 0) is 6.18 Å². The van der Waals surface area contributed by atoms with E-state index in [1.165, 1.54) is 23.0 Å². The molecule has 6 nitrogen and oxygen atoms in total. The lowest BCUT2D eigenvalue weighted by Crippen LogP contribution is -2.61. The topological polar surface area (TPSA) is 67.1 Å². The highest BCUT2D eigenvalue weighted by Gasteiger charge is 2.41. The summed E-state index contributed by atoms with van der Waals surface area (Å²) >= 11 is 6.04. The summed E-state index contributed by atoms with van der Waals surface area (Å²) in [4.78, 5) is 10.2. The van der Waals surface area contributed by atoms with Gasteiger partial charge in [-0.25, -0.2) is 4.68 Å². The van der Waals surface area contributed by atoms with Gasteiger partial charge >= 0.3 is 6.18 Å². The number of anilines is 1. The minimum absolute atomic E-state index is 0.0434. The lowest BCUT2D eigenvalue weighted by Gasteiger charge is -2.46. The van der Waals surface area contributed by atoms with Crippen LogP contribution in [0.2, 0.25) is 5.28 Å². The molecule has 1 fully saturated rings. The van der Waals surface area contributed by atoms with Crippen LogP contribution in [-0.4, -0.2) is 43.5 Å². The van der Waals surface area contributed by atoms with Crippen LogP contribution in [0, 0.1) is 0 Å². The van der Waals surface area contributed by atoms with Crippen molar-refractivity contribution < 1.29 is 18.3 Å². The number of aliphatic hydroxyl groups is 1. The third kappa shape index (κ3) is 3.10. The van der Waals surface area contributed by atoms with E-state index in [9.17, 15) is 18.3 Å². The van der Waals surface area contributed by atoms with Crippen molar-refractivity contribution in [3.8, 4) is 5.69 Å². The summed E-state index contributed by atoms with van der Waals surface area (Å²) in [7, 11) is 0. The quantitative estimate of drug-likeness (QED) is 0.686. The molecule has 3 heterocycles. The minimum atomic E-state index is -4.46. The molecule has 0 amide bonds. The van der Waals surface area contributed by atoms with Crippen LogP contribution in [0.3, 0.4) is 0 Å². The number of hydrogen-bond acceptors (Lipinski definition) is 5. The fourth-order valence-electron chi connectivity index (χ4n) is 3.15. The lowest BCUT2D eigenvalue weighted by molar-refractivity contribution is -0.137. The average molecular weight is 398 g/mol. The van der Waals surface area contributed by atoms with Crippen molar-refractivity contribution in [1.29, 1.82) is 0 Å².